The van der Waals surface area contributed by atoms with E-state index in [9.17, 15) is 10.2 Å². The summed E-state index contributed by atoms with van der Waals surface area (Å²) in [5.41, 5.74) is 5.91. The highest BCUT2D eigenvalue weighted by atomic mass is 16.3. The molecule has 0 saturated heterocycles. The van der Waals surface area contributed by atoms with Crippen molar-refractivity contribution in [2.45, 2.75) is 19.4 Å². The number of phenolic OH excluding ortho intramolecular Hbond substituents is 3. The molecule has 0 aliphatic heterocycles. The lowest BCUT2D eigenvalue weighted by Crippen LogP contribution is -2.15. The van der Waals surface area contributed by atoms with Gasteiger partial charge in [-0.1, -0.05) is 6.07 Å². The topological polar surface area (TPSA) is 98.7 Å². The molecule has 0 unspecified atom stereocenters. The summed E-state index contributed by atoms with van der Waals surface area (Å²) >= 11 is 0. The number of aromatic hydroxyl groups is 3. The first kappa shape index (κ1) is 12.6. The molecule has 5 nitrogen and oxygen atoms in total. The van der Waals surface area contributed by atoms with Crippen molar-refractivity contribution in [2.75, 3.05) is 13.1 Å². The Hall–Kier alpha value is -1.46. The van der Waals surface area contributed by atoms with Gasteiger partial charge in [-0.15, -0.1) is 0 Å². The molecule has 0 radical (unpaired) electrons. The molecule has 1 rings (SSSR count). The number of unbranched alkanes of at least 4 members (excludes halogenated alkanes) is 1. The Morgan fingerprint density at radius 2 is 1.81 bits per heavy atom. The van der Waals surface area contributed by atoms with Gasteiger partial charge in [-0.3, -0.25) is 0 Å². The van der Waals surface area contributed by atoms with Crippen LogP contribution < -0.4 is 11.1 Å². The van der Waals surface area contributed by atoms with Gasteiger partial charge in [0.05, 0.1) is 0 Å². The van der Waals surface area contributed by atoms with Gasteiger partial charge in [0.1, 0.15) is 0 Å². The van der Waals surface area contributed by atoms with E-state index in [1.807, 2.05) is 0 Å². The van der Waals surface area contributed by atoms with E-state index in [0.717, 1.165) is 19.4 Å². The van der Waals surface area contributed by atoms with Gasteiger partial charge in [0.15, 0.2) is 11.5 Å². The predicted octanol–water partition coefficient (Wildman–Crippen LogP) is 0.632. The normalized spacial score (nSPS) is 10.6. The van der Waals surface area contributed by atoms with Crippen LogP contribution in [0.5, 0.6) is 17.2 Å². The van der Waals surface area contributed by atoms with Crippen LogP contribution in [0.4, 0.5) is 0 Å². The van der Waals surface area contributed by atoms with Crippen molar-refractivity contribution >= 4 is 0 Å². The van der Waals surface area contributed by atoms with Crippen LogP contribution in [0.2, 0.25) is 0 Å². The fourth-order valence-corrected chi connectivity index (χ4v) is 1.37. The molecule has 5 heteroatoms. The third kappa shape index (κ3) is 3.29. The molecule has 0 spiro atoms. The highest BCUT2D eigenvalue weighted by Crippen LogP contribution is 2.36. The Kier molecular flexibility index (Phi) is 4.88. The molecule has 0 aliphatic rings. The molecule has 6 N–H and O–H groups in total. The number of rotatable bonds is 6. The van der Waals surface area contributed by atoms with Gasteiger partial charge < -0.3 is 26.4 Å². The van der Waals surface area contributed by atoms with Gasteiger partial charge in [0, 0.05) is 12.1 Å². The van der Waals surface area contributed by atoms with Crippen LogP contribution in [-0.2, 0) is 6.54 Å². The summed E-state index contributed by atoms with van der Waals surface area (Å²) in [6, 6.07) is 2.92. The van der Waals surface area contributed by atoms with Crippen LogP contribution in [0, 0.1) is 0 Å². The molecule has 1 aromatic rings. The van der Waals surface area contributed by atoms with Crippen LogP contribution in [0.1, 0.15) is 18.4 Å². The minimum absolute atomic E-state index is 0.272. The minimum atomic E-state index is -0.471. The molecule has 1 aromatic carbocycles. The largest absolute Gasteiger partial charge is 0.504 e. The maximum Gasteiger partial charge on any atom is 0.200 e. The zero-order valence-electron chi connectivity index (χ0n) is 9.11. The molecule has 0 aromatic heterocycles. The van der Waals surface area contributed by atoms with E-state index in [1.165, 1.54) is 6.07 Å². The Bertz CT molecular complexity index is 342. The lowest BCUT2D eigenvalue weighted by Gasteiger charge is -2.08. The van der Waals surface area contributed by atoms with E-state index in [2.05, 4.69) is 5.32 Å². The highest BCUT2D eigenvalue weighted by molar-refractivity contribution is 5.52. The van der Waals surface area contributed by atoms with Gasteiger partial charge in [0.2, 0.25) is 5.75 Å². The minimum Gasteiger partial charge on any atom is -0.504 e. The van der Waals surface area contributed by atoms with E-state index >= 15 is 0 Å². The first-order valence-electron chi connectivity index (χ1n) is 5.30. The van der Waals surface area contributed by atoms with Crippen molar-refractivity contribution < 1.29 is 15.3 Å². The Labute approximate surface area is 94.5 Å². The zero-order chi connectivity index (χ0) is 12.0. The number of nitrogens with two attached hydrogens (primary N) is 1. The second-order valence-electron chi connectivity index (χ2n) is 3.61. The average molecular weight is 226 g/mol. The van der Waals surface area contributed by atoms with Crippen LogP contribution in [-0.4, -0.2) is 28.4 Å². The second-order valence-corrected chi connectivity index (χ2v) is 3.61. The third-order valence-electron chi connectivity index (χ3n) is 2.34. The number of phenols is 3. The molecule has 0 atom stereocenters. The molecule has 16 heavy (non-hydrogen) atoms. The van der Waals surface area contributed by atoms with E-state index in [4.69, 9.17) is 10.8 Å². The van der Waals surface area contributed by atoms with Gasteiger partial charge >= 0.3 is 0 Å². The van der Waals surface area contributed by atoms with E-state index in [0.29, 0.717) is 18.7 Å². The lowest BCUT2D eigenvalue weighted by atomic mass is 10.1. The summed E-state index contributed by atoms with van der Waals surface area (Å²) in [5, 5.41) is 31.0. The Morgan fingerprint density at radius 3 is 2.50 bits per heavy atom. The molecule has 0 aliphatic carbocycles. The average Bonchev–Trinajstić information content (AvgIpc) is 2.28. The van der Waals surface area contributed by atoms with Gasteiger partial charge in [-0.25, -0.2) is 0 Å². The summed E-state index contributed by atoms with van der Waals surface area (Å²) in [6.07, 6.45) is 1.93. The Balaban J connectivity index is 2.45. The summed E-state index contributed by atoms with van der Waals surface area (Å²) < 4.78 is 0. The predicted molar refractivity (Wildman–Crippen MR) is 61.4 cm³/mol. The summed E-state index contributed by atoms with van der Waals surface area (Å²) in [4.78, 5) is 0. The summed E-state index contributed by atoms with van der Waals surface area (Å²) in [5.74, 6) is -1.06. The van der Waals surface area contributed by atoms with Gasteiger partial charge in [-0.05, 0) is 32.0 Å². The van der Waals surface area contributed by atoms with Crippen LogP contribution >= 0.6 is 0 Å². The molecule has 0 amide bonds. The molecule has 0 saturated carbocycles. The number of benzene rings is 1. The first-order chi connectivity index (χ1) is 7.66. The van der Waals surface area contributed by atoms with Crippen molar-refractivity contribution in [1.29, 1.82) is 0 Å². The number of hydrogen-bond acceptors (Lipinski definition) is 5. The molecular formula is C11H18N2O3. The maximum absolute atomic E-state index is 9.51. The number of nitrogens with one attached hydrogen (secondary N) is 1. The highest BCUT2D eigenvalue weighted by Gasteiger charge is 2.09. The van der Waals surface area contributed by atoms with Crippen LogP contribution in [0.15, 0.2) is 12.1 Å². The van der Waals surface area contributed by atoms with E-state index in [-0.39, 0.29) is 11.5 Å². The second kappa shape index (κ2) is 6.19. The van der Waals surface area contributed by atoms with Crippen molar-refractivity contribution in [1.82, 2.24) is 5.32 Å². The fourth-order valence-electron chi connectivity index (χ4n) is 1.37. The Morgan fingerprint density at radius 1 is 1.06 bits per heavy atom. The molecular weight excluding hydrogens is 208 g/mol. The van der Waals surface area contributed by atoms with Crippen molar-refractivity contribution in [2.24, 2.45) is 5.73 Å². The SMILES string of the molecule is NCCCCNCc1ccc(O)c(O)c1O. The molecule has 0 heterocycles. The third-order valence-corrected chi connectivity index (χ3v) is 2.34. The zero-order valence-corrected chi connectivity index (χ0v) is 9.11. The standard InChI is InChI=1S/C11H18N2O3/c12-5-1-2-6-13-7-8-3-4-9(14)11(16)10(8)15/h3-4,13-16H,1-2,5-7,12H2. The maximum atomic E-state index is 9.51. The van der Waals surface area contributed by atoms with Crippen molar-refractivity contribution in [3.8, 4) is 17.2 Å². The smallest absolute Gasteiger partial charge is 0.200 e. The first-order valence-corrected chi connectivity index (χ1v) is 5.30. The van der Waals surface area contributed by atoms with Crippen molar-refractivity contribution in [3.05, 3.63) is 17.7 Å². The quantitative estimate of drug-likeness (QED) is 0.362. The van der Waals surface area contributed by atoms with Gasteiger partial charge in [0.25, 0.3) is 0 Å². The number of hydrogen-bond donors (Lipinski definition) is 5. The summed E-state index contributed by atoms with van der Waals surface area (Å²) in [6.45, 7) is 1.93. The lowest BCUT2D eigenvalue weighted by molar-refractivity contribution is 0.364. The van der Waals surface area contributed by atoms with E-state index < -0.39 is 5.75 Å². The van der Waals surface area contributed by atoms with Crippen LogP contribution in [0.3, 0.4) is 0 Å². The van der Waals surface area contributed by atoms with Gasteiger partial charge in [-0.2, -0.15) is 0 Å². The summed E-state index contributed by atoms with van der Waals surface area (Å²) in [7, 11) is 0. The molecule has 90 valence electrons. The fraction of sp³-hybridized carbons (Fsp3) is 0.455. The van der Waals surface area contributed by atoms with Crippen molar-refractivity contribution in [3.63, 3.8) is 0 Å². The molecule has 0 bridgehead atoms. The van der Waals surface area contributed by atoms with Crippen LogP contribution in [0.25, 0.3) is 0 Å². The van der Waals surface area contributed by atoms with E-state index in [1.54, 1.807) is 6.07 Å². The molecule has 0 fully saturated rings. The monoisotopic (exact) mass is 226 g/mol.